The largest absolute Gasteiger partial charge is 0.493 e. The summed E-state index contributed by atoms with van der Waals surface area (Å²) in [5, 5.41) is 0. The van der Waals surface area contributed by atoms with Crippen molar-refractivity contribution in [1.82, 2.24) is 0 Å². The Morgan fingerprint density at radius 2 is 2.00 bits per heavy atom. The standard InChI is InChI=1S/C9H13O3P/c1-8-2-4-9(5-3-8)12-6-7-13(10)11/h2-5,13H,6-7H2,1H3,(H,10,11). The zero-order chi connectivity index (χ0) is 9.68. The van der Waals surface area contributed by atoms with Gasteiger partial charge in [-0.15, -0.1) is 0 Å². The minimum atomic E-state index is -2.39. The Kier molecular flexibility index (Phi) is 4.00. The van der Waals surface area contributed by atoms with Crippen molar-refractivity contribution in [2.75, 3.05) is 12.8 Å². The van der Waals surface area contributed by atoms with Gasteiger partial charge in [-0.25, -0.2) is 0 Å². The second-order valence-corrected chi connectivity index (χ2v) is 4.09. The SMILES string of the molecule is Cc1ccc(OCC[PH](=O)O)cc1. The van der Waals surface area contributed by atoms with Gasteiger partial charge in [0.25, 0.3) is 0 Å². The van der Waals surface area contributed by atoms with Gasteiger partial charge in [0.1, 0.15) is 5.75 Å². The van der Waals surface area contributed by atoms with Crippen LogP contribution in [0.1, 0.15) is 5.56 Å². The fraction of sp³-hybridized carbons (Fsp3) is 0.333. The highest BCUT2D eigenvalue weighted by atomic mass is 31.1. The van der Waals surface area contributed by atoms with Crippen molar-refractivity contribution < 1.29 is 14.2 Å². The summed E-state index contributed by atoms with van der Waals surface area (Å²) in [6, 6.07) is 7.59. The van der Waals surface area contributed by atoms with Gasteiger partial charge in [-0.1, -0.05) is 17.7 Å². The predicted octanol–water partition coefficient (Wildman–Crippen LogP) is 1.84. The molecule has 0 saturated heterocycles. The van der Waals surface area contributed by atoms with E-state index in [9.17, 15) is 4.57 Å². The topological polar surface area (TPSA) is 46.5 Å². The van der Waals surface area contributed by atoms with Gasteiger partial charge in [-0.05, 0) is 19.1 Å². The Labute approximate surface area is 78.2 Å². The third kappa shape index (κ3) is 4.11. The minimum Gasteiger partial charge on any atom is -0.493 e. The van der Waals surface area contributed by atoms with Crippen molar-refractivity contribution >= 4 is 8.03 Å². The fourth-order valence-electron chi connectivity index (χ4n) is 0.891. The smallest absolute Gasteiger partial charge is 0.192 e. The number of benzene rings is 1. The molecule has 0 bridgehead atoms. The highest BCUT2D eigenvalue weighted by Gasteiger charge is 1.95. The van der Waals surface area contributed by atoms with Crippen LogP contribution in [0.3, 0.4) is 0 Å². The van der Waals surface area contributed by atoms with E-state index in [0.717, 1.165) is 5.75 Å². The van der Waals surface area contributed by atoms with E-state index in [4.69, 9.17) is 9.63 Å². The molecule has 1 aromatic rings. The average molecular weight is 200 g/mol. The summed E-state index contributed by atoms with van der Waals surface area (Å²) in [5.74, 6) is 0.744. The molecule has 1 rings (SSSR count). The second-order valence-electron chi connectivity index (χ2n) is 2.81. The van der Waals surface area contributed by atoms with E-state index in [1.54, 1.807) is 0 Å². The maximum absolute atomic E-state index is 10.3. The Bertz CT molecular complexity index is 281. The van der Waals surface area contributed by atoms with E-state index < -0.39 is 8.03 Å². The summed E-state index contributed by atoms with van der Waals surface area (Å²) in [4.78, 5) is 8.54. The van der Waals surface area contributed by atoms with Crippen LogP contribution in [0.2, 0.25) is 0 Å². The van der Waals surface area contributed by atoms with E-state index in [2.05, 4.69) is 0 Å². The molecule has 4 heteroatoms. The van der Waals surface area contributed by atoms with Crippen molar-refractivity contribution in [3.8, 4) is 5.75 Å². The summed E-state index contributed by atoms with van der Waals surface area (Å²) < 4.78 is 15.6. The number of rotatable bonds is 4. The van der Waals surface area contributed by atoms with Crippen LogP contribution in [0.4, 0.5) is 0 Å². The maximum Gasteiger partial charge on any atom is 0.192 e. The molecule has 0 radical (unpaired) electrons. The van der Waals surface area contributed by atoms with Crippen molar-refractivity contribution in [2.24, 2.45) is 0 Å². The zero-order valence-corrected chi connectivity index (χ0v) is 8.49. The first kappa shape index (κ1) is 10.3. The van der Waals surface area contributed by atoms with Crippen LogP contribution >= 0.6 is 8.03 Å². The van der Waals surface area contributed by atoms with Gasteiger partial charge in [0.05, 0.1) is 12.8 Å². The van der Waals surface area contributed by atoms with Gasteiger partial charge in [0.2, 0.25) is 0 Å². The minimum absolute atomic E-state index is 0.221. The number of hydrogen-bond acceptors (Lipinski definition) is 2. The van der Waals surface area contributed by atoms with Gasteiger partial charge in [-0.3, -0.25) is 4.57 Å². The molecule has 1 aromatic carbocycles. The lowest BCUT2D eigenvalue weighted by molar-refractivity contribution is 0.337. The zero-order valence-electron chi connectivity index (χ0n) is 7.49. The number of aryl methyl sites for hydroxylation is 1. The molecule has 0 spiro atoms. The lowest BCUT2D eigenvalue weighted by Crippen LogP contribution is -1.99. The van der Waals surface area contributed by atoms with E-state index in [1.165, 1.54) is 5.56 Å². The van der Waals surface area contributed by atoms with Crippen molar-refractivity contribution in [1.29, 1.82) is 0 Å². The Morgan fingerprint density at radius 3 is 2.54 bits per heavy atom. The average Bonchev–Trinajstić information content (AvgIpc) is 2.08. The highest BCUT2D eigenvalue weighted by Crippen LogP contribution is 2.14. The van der Waals surface area contributed by atoms with E-state index in [1.807, 2.05) is 31.2 Å². The van der Waals surface area contributed by atoms with E-state index >= 15 is 0 Å². The van der Waals surface area contributed by atoms with Crippen LogP contribution in [0, 0.1) is 6.92 Å². The highest BCUT2D eigenvalue weighted by molar-refractivity contribution is 7.38. The molecule has 0 aliphatic heterocycles. The van der Waals surface area contributed by atoms with Crippen molar-refractivity contribution in [2.45, 2.75) is 6.92 Å². The third-order valence-electron chi connectivity index (χ3n) is 1.61. The third-order valence-corrected chi connectivity index (χ3v) is 2.24. The lowest BCUT2D eigenvalue weighted by atomic mass is 10.2. The lowest BCUT2D eigenvalue weighted by Gasteiger charge is -2.04. The molecule has 0 aromatic heterocycles. The van der Waals surface area contributed by atoms with Gasteiger partial charge in [0.15, 0.2) is 8.03 Å². The molecule has 0 amide bonds. The maximum atomic E-state index is 10.3. The molecule has 1 atom stereocenters. The van der Waals surface area contributed by atoms with Crippen LogP contribution in [0.25, 0.3) is 0 Å². The molecule has 13 heavy (non-hydrogen) atoms. The molecular weight excluding hydrogens is 187 g/mol. The second kappa shape index (κ2) is 5.05. The summed E-state index contributed by atoms with van der Waals surface area (Å²) in [6.45, 7) is 2.30. The van der Waals surface area contributed by atoms with Crippen molar-refractivity contribution in [3.05, 3.63) is 29.8 Å². The van der Waals surface area contributed by atoms with Crippen molar-refractivity contribution in [3.63, 3.8) is 0 Å². The first-order valence-electron chi connectivity index (χ1n) is 4.10. The molecule has 0 heterocycles. The van der Waals surface area contributed by atoms with Gasteiger partial charge < -0.3 is 9.63 Å². The van der Waals surface area contributed by atoms with Crippen LogP contribution < -0.4 is 4.74 Å². The van der Waals surface area contributed by atoms with Crippen LogP contribution in [-0.2, 0) is 4.57 Å². The monoisotopic (exact) mass is 200 g/mol. The molecule has 0 aliphatic rings. The van der Waals surface area contributed by atoms with Crippen LogP contribution in [0.5, 0.6) is 5.75 Å². The van der Waals surface area contributed by atoms with Crippen LogP contribution in [0.15, 0.2) is 24.3 Å². The first-order chi connectivity index (χ1) is 6.18. The predicted molar refractivity (Wildman–Crippen MR) is 52.8 cm³/mol. The first-order valence-corrected chi connectivity index (χ1v) is 5.66. The van der Waals surface area contributed by atoms with Gasteiger partial charge >= 0.3 is 0 Å². The molecule has 72 valence electrons. The Balaban J connectivity index is 2.37. The summed E-state index contributed by atoms with van der Waals surface area (Å²) in [6.07, 6.45) is 0.221. The molecule has 0 aliphatic carbocycles. The van der Waals surface area contributed by atoms with Crippen LogP contribution in [-0.4, -0.2) is 17.7 Å². The molecule has 0 saturated carbocycles. The summed E-state index contributed by atoms with van der Waals surface area (Å²) >= 11 is 0. The van der Waals surface area contributed by atoms with Gasteiger partial charge in [-0.2, -0.15) is 0 Å². The summed E-state index contributed by atoms with van der Waals surface area (Å²) in [5.41, 5.74) is 1.17. The van der Waals surface area contributed by atoms with E-state index in [-0.39, 0.29) is 6.16 Å². The number of ether oxygens (including phenoxy) is 1. The number of hydrogen-bond donors (Lipinski definition) is 1. The van der Waals surface area contributed by atoms with Gasteiger partial charge in [0, 0.05) is 0 Å². The molecular formula is C9H13O3P. The quantitative estimate of drug-likeness (QED) is 0.754. The summed E-state index contributed by atoms with van der Waals surface area (Å²) in [7, 11) is -2.39. The molecule has 1 unspecified atom stereocenters. The Morgan fingerprint density at radius 1 is 1.38 bits per heavy atom. The molecule has 3 nitrogen and oxygen atoms in total. The normalized spacial score (nSPS) is 12.5. The Hall–Kier alpha value is -0.790. The van der Waals surface area contributed by atoms with E-state index in [0.29, 0.717) is 6.61 Å². The molecule has 1 N–H and O–H groups in total. The fourth-order valence-corrected chi connectivity index (χ4v) is 1.17. The molecule has 0 fully saturated rings.